The van der Waals surface area contributed by atoms with E-state index in [0.717, 1.165) is 61.6 Å². The number of ether oxygens (including phenoxy) is 1. The van der Waals surface area contributed by atoms with Gasteiger partial charge < -0.3 is 4.74 Å². The molecule has 0 bridgehead atoms. The van der Waals surface area contributed by atoms with E-state index in [9.17, 15) is 5.26 Å². The molecule has 2 heterocycles. The van der Waals surface area contributed by atoms with Gasteiger partial charge in [-0.2, -0.15) is 5.26 Å². The van der Waals surface area contributed by atoms with Crippen LogP contribution in [-0.2, 0) is 5.41 Å². The second-order valence-electron chi connectivity index (χ2n) is 14.7. The molecule has 0 unspecified atom stereocenters. The SMILES string of the molecule is N#Cc1cccc(-c2ccc3c(c2)C2(c4cc(-c5ccc(-c6nc(-c7ccccc7)nc(-c7ccccc7)n6)cc5)ccc4O3)c3ccccc3-c3ccccc32)c1. The standard InChI is InChI=1S/C53H32N4O/c54-33-34-12-11-17-39(30-34)41-27-29-49-47(32-41)53(44-20-9-7-18-42(44)43-19-8-10-21-45(43)53)46-31-40(26-28-48(46)58-49)35-22-24-38(25-23-35)52-56-50(36-13-3-1-4-14-36)55-51(57-52)37-15-5-2-6-16-37/h1-32H. The van der Waals surface area contributed by atoms with Crippen LogP contribution in [0.4, 0.5) is 0 Å². The first-order valence-corrected chi connectivity index (χ1v) is 19.3. The zero-order valence-corrected chi connectivity index (χ0v) is 31.2. The molecule has 1 aliphatic carbocycles. The summed E-state index contributed by atoms with van der Waals surface area (Å²) >= 11 is 0. The predicted molar refractivity (Wildman–Crippen MR) is 229 cm³/mol. The lowest BCUT2D eigenvalue weighted by Crippen LogP contribution is -2.32. The molecule has 0 N–H and O–H groups in total. The Labute approximate surface area is 336 Å². The summed E-state index contributed by atoms with van der Waals surface area (Å²) in [6, 6.07) is 69.2. The molecule has 5 heteroatoms. The highest BCUT2D eigenvalue weighted by molar-refractivity contribution is 5.90. The maximum Gasteiger partial charge on any atom is 0.164 e. The van der Waals surface area contributed by atoms with Crippen LogP contribution in [0.1, 0.15) is 27.8 Å². The third kappa shape index (κ3) is 5.27. The Morgan fingerprint density at radius 3 is 1.31 bits per heavy atom. The van der Waals surface area contributed by atoms with Gasteiger partial charge in [0.15, 0.2) is 17.5 Å². The molecule has 0 atom stereocenters. The fourth-order valence-electron chi connectivity index (χ4n) is 8.78. The van der Waals surface area contributed by atoms with Crippen LogP contribution in [-0.4, -0.2) is 15.0 Å². The summed E-state index contributed by atoms with van der Waals surface area (Å²) in [6.07, 6.45) is 0. The van der Waals surface area contributed by atoms with Crippen LogP contribution in [0.25, 0.3) is 67.5 Å². The van der Waals surface area contributed by atoms with Crippen molar-refractivity contribution in [3.05, 3.63) is 222 Å². The van der Waals surface area contributed by atoms with Crippen LogP contribution >= 0.6 is 0 Å². The molecule has 0 saturated heterocycles. The van der Waals surface area contributed by atoms with E-state index < -0.39 is 5.41 Å². The lowest BCUT2D eigenvalue weighted by Gasteiger charge is -2.40. The summed E-state index contributed by atoms with van der Waals surface area (Å²) in [4.78, 5) is 14.8. The number of benzene rings is 8. The molecule has 58 heavy (non-hydrogen) atoms. The van der Waals surface area contributed by atoms with Crippen molar-refractivity contribution >= 4 is 0 Å². The van der Waals surface area contributed by atoms with Gasteiger partial charge in [-0.05, 0) is 80.9 Å². The van der Waals surface area contributed by atoms with Crippen LogP contribution in [0.5, 0.6) is 11.5 Å². The minimum atomic E-state index is -0.651. The Balaban J connectivity index is 1.06. The Morgan fingerprint density at radius 2 is 0.776 bits per heavy atom. The molecule has 9 aromatic rings. The van der Waals surface area contributed by atoms with Crippen LogP contribution in [0.3, 0.4) is 0 Å². The molecule has 8 aromatic carbocycles. The molecule has 5 nitrogen and oxygen atoms in total. The summed E-state index contributed by atoms with van der Waals surface area (Å²) in [5.41, 5.74) is 13.9. The average Bonchev–Trinajstić information content (AvgIpc) is 3.60. The zero-order chi connectivity index (χ0) is 38.6. The molecule has 0 radical (unpaired) electrons. The number of aromatic nitrogens is 3. The minimum Gasteiger partial charge on any atom is -0.457 e. The first kappa shape index (κ1) is 33.4. The first-order chi connectivity index (χ1) is 28.7. The van der Waals surface area contributed by atoms with E-state index >= 15 is 0 Å². The maximum absolute atomic E-state index is 9.72. The second-order valence-corrected chi connectivity index (χ2v) is 14.7. The minimum absolute atomic E-state index is 0.615. The van der Waals surface area contributed by atoms with E-state index in [-0.39, 0.29) is 0 Å². The molecule has 1 spiro atoms. The molecule has 11 rings (SSSR count). The van der Waals surface area contributed by atoms with Crippen LogP contribution in [0.15, 0.2) is 194 Å². The fraction of sp³-hybridized carbons (Fsp3) is 0.0189. The topological polar surface area (TPSA) is 71.7 Å². The molecule has 0 fully saturated rings. The number of fused-ring (bicyclic) bond motifs is 9. The van der Waals surface area contributed by atoms with Crippen LogP contribution in [0, 0.1) is 11.3 Å². The monoisotopic (exact) mass is 740 g/mol. The van der Waals surface area contributed by atoms with Crippen molar-refractivity contribution in [1.29, 1.82) is 5.26 Å². The van der Waals surface area contributed by atoms with E-state index in [1.54, 1.807) is 0 Å². The van der Waals surface area contributed by atoms with E-state index in [0.29, 0.717) is 23.0 Å². The maximum atomic E-state index is 9.72. The van der Waals surface area contributed by atoms with Gasteiger partial charge in [0.2, 0.25) is 0 Å². The van der Waals surface area contributed by atoms with Crippen molar-refractivity contribution in [2.45, 2.75) is 5.41 Å². The van der Waals surface area contributed by atoms with Gasteiger partial charge >= 0.3 is 0 Å². The molecule has 1 aromatic heterocycles. The van der Waals surface area contributed by atoms with Crippen molar-refractivity contribution in [2.75, 3.05) is 0 Å². The highest BCUT2D eigenvalue weighted by atomic mass is 16.5. The van der Waals surface area contributed by atoms with Gasteiger partial charge in [0.05, 0.1) is 17.0 Å². The molecular weight excluding hydrogens is 709 g/mol. The van der Waals surface area contributed by atoms with Crippen molar-refractivity contribution in [3.8, 4) is 85.1 Å². The van der Waals surface area contributed by atoms with E-state index in [1.807, 2.05) is 78.9 Å². The summed E-state index contributed by atoms with van der Waals surface area (Å²) in [7, 11) is 0. The largest absolute Gasteiger partial charge is 0.457 e. The van der Waals surface area contributed by atoms with E-state index in [2.05, 4.69) is 121 Å². The van der Waals surface area contributed by atoms with Gasteiger partial charge in [-0.25, -0.2) is 15.0 Å². The Hall–Kier alpha value is -7.94. The fourth-order valence-corrected chi connectivity index (χ4v) is 8.78. The predicted octanol–water partition coefficient (Wildman–Crippen LogP) is 12.5. The quantitative estimate of drug-likeness (QED) is 0.176. The van der Waals surface area contributed by atoms with Crippen molar-refractivity contribution < 1.29 is 4.74 Å². The number of rotatable bonds is 5. The molecule has 0 saturated carbocycles. The highest BCUT2D eigenvalue weighted by Gasteiger charge is 2.51. The smallest absolute Gasteiger partial charge is 0.164 e. The van der Waals surface area contributed by atoms with Crippen molar-refractivity contribution in [2.24, 2.45) is 0 Å². The summed E-state index contributed by atoms with van der Waals surface area (Å²) in [5.74, 6) is 3.52. The lowest BCUT2D eigenvalue weighted by atomic mass is 9.65. The Bertz CT molecular complexity index is 2990. The Kier molecular flexibility index (Phi) is 7.70. The molecule has 270 valence electrons. The normalized spacial score (nSPS) is 12.7. The summed E-state index contributed by atoms with van der Waals surface area (Å²) in [6.45, 7) is 0. The van der Waals surface area contributed by atoms with Gasteiger partial charge in [0, 0.05) is 27.8 Å². The average molecular weight is 741 g/mol. The van der Waals surface area contributed by atoms with Gasteiger partial charge in [0.25, 0.3) is 0 Å². The zero-order valence-electron chi connectivity index (χ0n) is 31.2. The summed E-state index contributed by atoms with van der Waals surface area (Å²) in [5, 5.41) is 9.72. The van der Waals surface area contributed by atoms with Crippen molar-refractivity contribution in [1.82, 2.24) is 15.0 Å². The number of nitriles is 1. The third-order valence-corrected chi connectivity index (χ3v) is 11.4. The Morgan fingerprint density at radius 1 is 0.362 bits per heavy atom. The molecule has 2 aliphatic rings. The van der Waals surface area contributed by atoms with Crippen LogP contribution in [0.2, 0.25) is 0 Å². The number of nitrogens with zero attached hydrogens (tertiary/aromatic N) is 4. The van der Waals surface area contributed by atoms with Crippen molar-refractivity contribution in [3.63, 3.8) is 0 Å². The first-order valence-electron chi connectivity index (χ1n) is 19.3. The molecule has 0 amide bonds. The van der Waals surface area contributed by atoms with E-state index in [1.165, 1.54) is 22.3 Å². The second kappa shape index (κ2) is 13.4. The van der Waals surface area contributed by atoms with Gasteiger partial charge in [-0.15, -0.1) is 0 Å². The molecule has 1 aliphatic heterocycles. The van der Waals surface area contributed by atoms with E-state index in [4.69, 9.17) is 19.7 Å². The summed E-state index contributed by atoms with van der Waals surface area (Å²) < 4.78 is 6.82. The van der Waals surface area contributed by atoms with Gasteiger partial charge in [-0.3, -0.25) is 0 Å². The lowest BCUT2D eigenvalue weighted by molar-refractivity contribution is 0.436. The van der Waals surface area contributed by atoms with Gasteiger partial charge in [0.1, 0.15) is 11.5 Å². The third-order valence-electron chi connectivity index (χ3n) is 11.4. The highest BCUT2D eigenvalue weighted by Crippen LogP contribution is 2.62. The number of hydrogen-bond donors (Lipinski definition) is 0. The number of hydrogen-bond acceptors (Lipinski definition) is 5. The van der Waals surface area contributed by atoms with Crippen LogP contribution < -0.4 is 4.74 Å². The molecular formula is C53H32N4O. The van der Waals surface area contributed by atoms with Gasteiger partial charge in [-0.1, -0.05) is 158 Å².